The molecule has 0 spiro atoms. The van der Waals surface area contributed by atoms with Gasteiger partial charge in [0.05, 0.1) is 29.0 Å². The van der Waals surface area contributed by atoms with Crippen LogP contribution in [0.15, 0.2) is 91.5 Å². The number of hydrogen-bond acceptors (Lipinski definition) is 4. The number of imidazole rings is 2. The molecule has 8 heteroatoms. The van der Waals surface area contributed by atoms with E-state index >= 15 is 0 Å². The summed E-state index contributed by atoms with van der Waals surface area (Å²) in [6.45, 7) is 0.703. The second kappa shape index (κ2) is 10.9. The Morgan fingerprint density at radius 1 is 1.05 bits per heavy atom. The van der Waals surface area contributed by atoms with E-state index in [0.29, 0.717) is 42.6 Å². The molecule has 5 rings (SSSR count). The summed E-state index contributed by atoms with van der Waals surface area (Å²) in [7, 11) is 1.92. The van der Waals surface area contributed by atoms with Gasteiger partial charge in [-0.3, -0.25) is 9.59 Å². The maximum absolute atomic E-state index is 13.8. The first-order valence-electron chi connectivity index (χ1n) is 12.2. The zero-order valence-corrected chi connectivity index (χ0v) is 20.5. The Kier molecular flexibility index (Phi) is 7.07. The predicted molar refractivity (Wildman–Crippen MR) is 143 cm³/mol. The first-order chi connectivity index (χ1) is 18.1. The molecule has 37 heavy (non-hydrogen) atoms. The highest BCUT2D eigenvalue weighted by Gasteiger charge is 2.22. The Morgan fingerprint density at radius 3 is 2.51 bits per heavy atom. The van der Waals surface area contributed by atoms with Crippen molar-refractivity contribution in [2.75, 3.05) is 5.32 Å². The summed E-state index contributed by atoms with van der Waals surface area (Å²) in [5.41, 5.74) is 4.50. The standard InChI is InChI=1S/C29H28N6O2/c1-34-27(16-21-8-4-2-5-9-21)32-26-18-23(31-20-36)17-24(28(26)34)29(37)33-25(22-10-6-3-7-11-22)12-14-35-15-13-30-19-35/h2-11,13,15,17-20,25H,12,14,16H2,1H3,(H,31,36)(H,33,37)/t25-/m1/s1. The van der Waals surface area contributed by atoms with Gasteiger partial charge in [0.2, 0.25) is 6.41 Å². The van der Waals surface area contributed by atoms with Gasteiger partial charge in [-0.2, -0.15) is 0 Å². The molecule has 2 heterocycles. The molecule has 0 fully saturated rings. The fraction of sp³-hybridized carbons (Fsp3) is 0.172. The van der Waals surface area contributed by atoms with Gasteiger partial charge in [-0.1, -0.05) is 60.7 Å². The number of carbonyl (C=O) groups is 2. The topological polar surface area (TPSA) is 93.8 Å². The van der Waals surface area contributed by atoms with Crippen molar-refractivity contribution in [3.8, 4) is 0 Å². The number of hydrogen-bond donors (Lipinski definition) is 2. The number of rotatable bonds is 10. The zero-order chi connectivity index (χ0) is 25.6. The molecule has 186 valence electrons. The summed E-state index contributed by atoms with van der Waals surface area (Å²) in [5.74, 6) is 0.603. The highest BCUT2D eigenvalue weighted by atomic mass is 16.1. The molecule has 2 aromatic heterocycles. The van der Waals surface area contributed by atoms with E-state index in [1.54, 1.807) is 24.7 Å². The van der Waals surface area contributed by atoms with Crippen molar-refractivity contribution in [3.05, 3.63) is 114 Å². The van der Waals surface area contributed by atoms with Gasteiger partial charge in [0, 0.05) is 38.1 Å². The first-order valence-corrected chi connectivity index (χ1v) is 12.2. The third-order valence-corrected chi connectivity index (χ3v) is 6.48. The van der Waals surface area contributed by atoms with E-state index in [1.165, 1.54) is 0 Å². The SMILES string of the molecule is Cn1c(Cc2ccccc2)nc2cc(NC=O)cc(C(=O)N[C@H](CCn3ccnc3)c3ccccc3)c21. The van der Waals surface area contributed by atoms with Crippen molar-refractivity contribution in [1.29, 1.82) is 0 Å². The van der Waals surface area contributed by atoms with Crippen LogP contribution >= 0.6 is 0 Å². The third-order valence-electron chi connectivity index (χ3n) is 6.48. The van der Waals surface area contributed by atoms with E-state index in [4.69, 9.17) is 4.98 Å². The second-order valence-corrected chi connectivity index (χ2v) is 8.93. The van der Waals surface area contributed by atoms with Gasteiger partial charge in [0.25, 0.3) is 5.91 Å². The molecule has 0 bridgehead atoms. The lowest BCUT2D eigenvalue weighted by atomic mass is 10.0. The van der Waals surface area contributed by atoms with Crippen LogP contribution < -0.4 is 10.6 Å². The van der Waals surface area contributed by atoms with Gasteiger partial charge in [-0.05, 0) is 29.7 Å². The summed E-state index contributed by atoms with van der Waals surface area (Å²) < 4.78 is 3.96. The molecule has 0 radical (unpaired) electrons. The van der Waals surface area contributed by atoms with Crippen molar-refractivity contribution >= 4 is 29.0 Å². The van der Waals surface area contributed by atoms with Crippen LogP contribution in [0.3, 0.4) is 0 Å². The molecule has 2 N–H and O–H groups in total. The molecule has 0 saturated carbocycles. The van der Waals surface area contributed by atoms with Crippen LogP contribution in [0.1, 0.15) is 39.8 Å². The molecular formula is C29H28N6O2. The highest BCUT2D eigenvalue weighted by molar-refractivity contribution is 6.07. The number of aryl methyl sites for hydroxylation is 2. The second-order valence-electron chi connectivity index (χ2n) is 8.93. The van der Waals surface area contributed by atoms with E-state index in [1.807, 2.05) is 70.9 Å². The lowest BCUT2D eigenvalue weighted by molar-refractivity contribution is -0.105. The van der Waals surface area contributed by atoms with Gasteiger partial charge >= 0.3 is 0 Å². The van der Waals surface area contributed by atoms with Crippen LogP contribution in [0.5, 0.6) is 0 Å². The van der Waals surface area contributed by atoms with Gasteiger partial charge in [-0.15, -0.1) is 0 Å². The van der Waals surface area contributed by atoms with Crippen LogP contribution in [-0.4, -0.2) is 31.4 Å². The maximum Gasteiger partial charge on any atom is 0.254 e. The first kappa shape index (κ1) is 24.0. The van der Waals surface area contributed by atoms with E-state index in [9.17, 15) is 9.59 Å². The van der Waals surface area contributed by atoms with Crippen molar-refractivity contribution in [2.45, 2.75) is 25.4 Å². The molecule has 3 aromatic carbocycles. The summed E-state index contributed by atoms with van der Waals surface area (Å²) in [5, 5.41) is 5.91. The quantitative estimate of drug-likeness (QED) is 0.281. The van der Waals surface area contributed by atoms with Crippen molar-refractivity contribution < 1.29 is 9.59 Å². The lowest BCUT2D eigenvalue weighted by Crippen LogP contribution is -2.30. The third kappa shape index (κ3) is 5.43. The fourth-order valence-electron chi connectivity index (χ4n) is 4.60. The van der Waals surface area contributed by atoms with Crippen LogP contribution in [0.4, 0.5) is 5.69 Å². The molecule has 0 aliphatic rings. The number of benzene rings is 3. The molecule has 0 saturated heterocycles. The number of nitrogens with zero attached hydrogens (tertiary/aromatic N) is 4. The fourth-order valence-corrected chi connectivity index (χ4v) is 4.60. The van der Waals surface area contributed by atoms with Crippen LogP contribution in [-0.2, 0) is 24.8 Å². The Hall–Kier alpha value is -4.72. The largest absolute Gasteiger partial charge is 0.345 e. The summed E-state index contributed by atoms with van der Waals surface area (Å²) >= 11 is 0. The van der Waals surface area contributed by atoms with Gasteiger partial charge < -0.3 is 19.8 Å². The Bertz CT molecular complexity index is 1490. The summed E-state index contributed by atoms with van der Waals surface area (Å²) in [4.78, 5) is 33.9. The number of amides is 2. The van der Waals surface area contributed by atoms with Gasteiger partial charge in [0.1, 0.15) is 5.82 Å². The lowest BCUT2D eigenvalue weighted by Gasteiger charge is -2.20. The smallest absolute Gasteiger partial charge is 0.254 e. The van der Waals surface area contributed by atoms with Crippen LogP contribution in [0, 0.1) is 0 Å². The minimum Gasteiger partial charge on any atom is -0.345 e. The minimum absolute atomic E-state index is 0.217. The molecule has 8 nitrogen and oxygen atoms in total. The van der Waals surface area contributed by atoms with Gasteiger partial charge in [-0.25, -0.2) is 9.97 Å². The molecule has 0 aliphatic heterocycles. The van der Waals surface area contributed by atoms with Crippen molar-refractivity contribution in [1.82, 2.24) is 24.4 Å². The van der Waals surface area contributed by atoms with E-state index in [-0.39, 0.29) is 11.9 Å². The van der Waals surface area contributed by atoms with Crippen LogP contribution in [0.2, 0.25) is 0 Å². The molecular weight excluding hydrogens is 464 g/mol. The highest BCUT2D eigenvalue weighted by Crippen LogP contribution is 2.27. The molecule has 5 aromatic rings. The van der Waals surface area contributed by atoms with Gasteiger partial charge in [0.15, 0.2) is 0 Å². The monoisotopic (exact) mass is 492 g/mol. The number of aromatic nitrogens is 4. The number of fused-ring (bicyclic) bond motifs is 1. The van der Waals surface area contributed by atoms with Crippen LogP contribution in [0.25, 0.3) is 11.0 Å². The molecule has 0 unspecified atom stereocenters. The number of carbonyl (C=O) groups excluding carboxylic acids is 2. The zero-order valence-electron chi connectivity index (χ0n) is 20.5. The molecule has 0 aliphatic carbocycles. The van der Waals surface area contributed by atoms with E-state index < -0.39 is 0 Å². The number of anilines is 1. The minimum atomic E-state index is -0.228. The predicted octanol–water partition coefficient (Wildman–Crippen LogP) is 4.49. The van der Waals surface area contributed by atoms with Crippen molar-refractivity contribution in [3.63, 3.8) is 0 Å². The summed E-state index contributed by atoms with van der Waals surface area (Å²) in [6, 6.07) is 23.3. The average Bonchev–Trinajstić information content (AvgIpc) is 3.55. The number of nitrogens with one attached hydrogen (secondary N) is 2. The normalized spacial score (nSPS) is 11.8. The Labute approximate surface area is 215 Å². The molecule has 2 amide bonds. The van der Waals surface area contributed by atoms with Crippen molar-refractivity contribution in [2.24, 2.45) is 7.05 Å². The summed E-state index contributed by atoms with van der Waals surface area (Å²) in [6.07, 6.45) is 7.34. The Balaban J connectivity index is 1.50. The average molecular weight is 493 g/mol. The van der Waals surface area contributed by atoms with E-state index in [2.05, 4.69) is 27.8 Å². The maximum atomic E-state index is 13.8. The molecule has 1 atom stereocenters. The van der Waals surface area contributed by atoms with E-state index in [0.717, 1.165) is 22.5 Å². The Morgan fingerprint density at radius 2 is 1.81 bits per heavy atom.